The molecule has 2 aromatic rings. The molecule has 27 heavy (non-hydrogen) atoms. The normalized spacial score (nSPS) is 11.1. The number of sulfonamides is 1. The molecule has 1 N–H and O–H groups in total. The van der Waals surface area contributed by atoms with Gasteiger partial charge < -0.3 is 4.74 Å². The summed E-state index contributed by atoms with van der Waals surface area (Å²) >= 11 is 0. The number of hydrogen-bond acceptors (Lipinski definition) is 6. The van der Waals surface area contributed by atoms with Crippen LogP contribution in [0, 0.1) is 0 Å². The van der Waals surface area contributed by atoms with Crippen LogP contribution in [0.1, 0.15) is 20.7 Å². The first-order valence-corrected chi connectivity index (χ1v) is 9.25. The van der Waals surface area contributed by atoms with Crippen LogP contribution in [0.3, 0.4) is 0 Å². The zero-order valence-electron chi connectivity index (χ0n) is 14.7. The number of nitrogens with zero attached hydrogens (tertiary/aromatic N) is 1. The van der Waals surface area contributed by atoms with Crippen LogP contribution < -0.4 is 5.32 Å². The number of amides is 2. The second-order valence-electron chi connectivity index (χ2n) is 5.63. The largest absolute Gasteiger partial charge is 0.452 e. The number of rotatable bonds is 6. The van der Waals surface area contributed by atoms with Crippen molar-refractivity contribution in [3.8, 4) is 0 Å². The first-order valence-electron chi connectivity index (χ1n) is 7.81. The van der Waals surface area contributed by atoms with E-state index in [2.05, 4.69) is 5.32 Å². The third-order valence-corrected chi connectivity index (χ3v) is 5.28. The van der Waals surface area contributed by atoms with Crippen LogP contribution in [-0.4, -0.2) is 51.2 Å². The molecule has 0 atom stereocenters. The standard InChI is InChI=1S/C18H18N2O6S/c1-20(2)27(24,25)15-10-6-9-14(11-15)18(23)26-12-16(21)19-17(22)13-7-4-3-5-8-13/h3-11H,12H2,1-2H3,(H,19,21,22). The van der Waals surface area contributed by atoms with Crippen molar-refractivity contribution in [2.24, 2.45) is 0 Å². The molecule has 0 spiro atoms. The molecule has 9 heteroatoms. The highest BCUT2D eigenvalue weighted by atomic mass is 32.2. The molecule has 0 saturated carbocycles. The Labute approximate surface area is 156 Å². The third kappa shape index (κ3) is 5.22. The van der Waals surface area contributed by atoms with Gasteiger partial charge in [0.1, 0.15) is 0 Å². The van der Waals surface area contributed by atoms with Crippen LogP contribution in [0.5, 0.6) is 0 Å². The monoisotopic (exact) mass is 390 g/mol. The fourth-order valence-electron chi connectivity index (χ4n) is 2.03. The third-order valence-electron chi connectivity index (χ3n) is 3.47. The smallest absolute Gasteiger partial charge is 0.338 e. The summed E-state index contributed by atoms with van der Waals surface area (Å²) in [6, 6.07) is 13.3. The summed E-state index contributed by atoms with van der Waals surface area (Å²) in [6.45, 7) is -0.679. The van der Waals surface area contributed by atoms with Gasteiger partial charge in [-0.15, -0.1) is 0 Å². The van der Waals surface area contributed by atoms with Crippen molar-refractivity contribution in [2.45, 2.75) is 4.90 Å². The molecule has 0 heterocycles. The molecule has 0 aliphatic rings. The molecule has 2 aromatic carbocycles. The van der Waals surface area contributed by atoms with E-state index in [0.717, 1.165) is 10.4 Å². The Morgan fingerprint density at radius 2 is 1.59 bits per heavy atom. The second kappa shape index (κ2) is 8.56. The van der Waals surface area contributed by atoms with Crippen LogP contribution in [0.2, 0.25) is 0 Å². The summed E-state index contributed by atoms with van der Waals surface area (Å²) in [5.41, 5.74) is 0.263. The molecule has 0 saturated heterocycles. The number of benzene rings is 2. The highest BCUT2D eigenvalue weighted by Gasteiger charge is 2.20. The Bertz CT molecular complexity index is 955. The molecule has 2 amide bonds. The van der Waals surface area contributed by atoms with Gasteiger partial charge in [-0.3, -0.25) is 14.9 Å². The highest BCUT2D eigenvalue weighted by Crippen LogP contribution is 2.15. The molecule has 0 radical (unpaired) electrons. The van der Waals surface area contributed by atoms with Crippen molar-refractivity contribution in [3.63, 3.8) is 0 Å². The molecule has 8 nitrogen and oxygen atoms in total. The van der Waals surface area contributed by atoms with Crippen molar-refractivity contribution >= 4 is 27.8 Å². The average Bonchev–Trinajstić information content (AvgIpc) is 2.66. The summed E-state index contributed by atoms with van der Waals surface area (Å²) < 4.78 is 30.1. The second-order valence-corrected chi connectivity index (χ2v) is 7.79. The summed E-state index contributed by atoms with van der Waals surface area (Å²) in [5, 5.41) is 2.10. The molecule has 0 fully saturated rings. The number of nitrogens with one attached hydrogen (secondary N) is 1. The number of esters is 1. The lowest BCUT2D eigenvalue weighted by atomic mass is 10.2. The van der Waals surface area contributed by atoms with E-state index in [-0.39, 0.29) is 10.5 Å². The molecular formula is C18H18N2O6S. The Morgan fingerprint density at radius 3 is 2.22 bits per heavy atom. The Morgan fingerprint density at radius 1 is 0.963 bits per heavy atom. The maximum absolute atomic E-state index is 12.1. The van der Waals surface area contributed by atoms with Crippen molar-refractivity contribution in [2.75, 3.05) is 20.7 Å². The van der Waals surface area contributed by atoms with E-state index in [0.29, 0.717) is 5.56 Å². The lowest BCUT2D eigenvalue weighted by molar-refractivity contribution is -0.123. The Balaban J connectivity index is 1.98. The first kappa shape index (κ1) is 20.3. The molecule has 0 aliphatic heterocycles. The summed E-state index contributed by atoms with van der Waals surface area (Å²) in [5.74, 6) is -2.29. The minimum absolute atomic E-state index is 0.0277. The lowest BCUT2D eigenvalue weighted by Crippen LogP contribution is -2.34. The first-order chi connectivity index (χ1) is 12.7. The van der Waals surface area contributed by atoms with Gasteiger partial charge in [0.05, 0.1) is 10.5 Å². The number of imide groups is 1. The molecule has 0 unspecified atom stereocenters. The van der Waals surface area contributed by atoms with E-state index < -0.39 is 34.4 Å². The van der Waals surface area contributed by atoms with Crippen LogP contribution in [0.25, 0.3) is 0 Å². The molecule has 0 aromatic heterocycles. The summed E-state index contributed by atoms with van der Waals surface area (Å²) in [4.78, 5) is 35.6. The predicted molar refractivity (Wildman–Crippen MR) is 96.5 cm³/mol. The van der Waals surface area contributed by atoms with E-state index in [4.69, 9.17) is 4.74 Å². The topological polar surface area (TPSA) is 110 Å². The SMILES string of the molecule is CN(C)S(=O)(=O)c1cccc(C(=O)OCC(=O)NC(=O)c2ccccc2)c1. The number of carbonyl (C=O) groups excluding carboxylic acids is 3. The molecule has 142 valence electrons. The van der Waals surface area contributed by atoms with Crippen molar-refractivity contribution in [3.05, 3.63) is 65.7 Å². The minimum atomic E-state index is -3.71. The zero-order valence-corrected chi connectivity index (χ0v) is 15.5. The maximum atomic E-state index is 12.1. The fraction of sp³-hybridized carbons (Fsp3) is 0.167. The van der Waals surface area contributed by atoms with Gasteiger partial charge in [-0.25, -0.2) is 17.5 Å². The maximum Gasteiger partial charge on any atom is 0.338 e. The van der Waals surface area contributed by atoms with Crippen molar-refractivity contribution in [1.82, 2.24) is 9.62 Å². The van der Waals surface area contributed by atoms with Crippen LogP contribution in [-0.2, 0) is 19.6 Å². The quantitative estimate of drug-likeness (QED) is 0.739. The van der Waals surface area contributed by atoms with Gasteiger partial charge in [0.25, 0.3) is 11.8 Å². The molecule has 0 aliphatic carbocycles. The Hall–Kier alpha value is -3.04. The van der Waals surface area contributed by atoms with Crippen LogP contribution in [0.15, 0.2) is 59.5 Å². The van der Waals surface area contributed by atoms with Crippen LogP contribution in [0.4, 0.5) is 0 Å². The lowest BCUT2D eigenvalue weighted by Gasteiger charge is -2.12. The minimum Gasteiger partial charge on any atom is -0.452 e. The van der Waals surface area contributed by atoms with Crippen molar-refractivity contribution in [1.29, 1.82) is 0 Å². The van der Waals surface area contributed by atoms with Gasteiger partial charge in [0.15, 0.2) is 6.61 Å². The van der Waals surface area contributed by atoms with Gasteiger partial charge in [-0.05, 0) is 30.3 Å². The van der Waals surface area contributed by atoms with Crippen LogP contribution >= 0.6 is 0 Å². The number of carbonyl (C=O) groups is 3. The Kier molecular flexibility index (Phi) is 6.43. The van der Waals surface area contributed by atoms with Gasteiger partial charge in [-0.1, -0.05) is 24.3 Å². The van der Waals surface area contributed by atoms with Gasteiger partial charge in [-0.2, -0.15) is 0 Å². The molecular weight excluding hydrogens is 372 g/mol. The molecule has 0 bridgehead atoms. The predicted octanol–water partition coefficient (Wildman–Crippen LogP) is 1.05. The molecule has 2 rings (SSSR count). The number of ether oxygens (including phenoxy) is 1. The van der Waals surface area contributed by atoms with E-state index in [1.165, 1.54) is 44.4 Å². The summed E-state index contributed by atoms with van der Waals surface area (Å²) in [7, 11) is -0.970. The van der Waals surface area contributed by atoms with E-state index in [1.807, 2.05) is 0 Å². The average molecular weight is 390 g/mol. The van der Waals surface area contributed by atoms with Gasteiger partial charge in [0.2, 0.25) is 10.0 Å². The van der Waals surface area contributed by atoms with Gasteiger partial charge in [0, 0.05) is 19.7 Å². The number of hydrogen-bond donors (Lipinski definition) is 1. The van der Waals surface area contributed by atoms with E-state index in [1.54, 1.807) is 18.2 Å². The van der Waals surface area contributed by atoms with E-state index in [9.17, 15) is 22.8 Å². The van der Waals surface area contributed by atoms with Gasteiger partial charge >= 0.3 is 5.97 Å². The zero-order chi connectivity index (χ0) is 20.0. The highest BCUT2D eigenvalue weighted by molar-refractivity contribution is 7.89. The fourth-order valence-corrected chi connectivity index (χ4v) is 2.98. The summed E-state index contributed by atoms with van der Waals surface area (Å²) in [6.07, 6.45) is 0. The van der Waals surface area contributed by atoms with Crippen molar-refractivity contribution < 1.29 is 27.5 Å². The van der Waals surface area contributed by atoms with E-state index >= 15 is 0 Å².